The number of anilines is 1. The summed E-state index contributed by atoms with van der Waals surface area (Å²) >= 11 is 0. The lowest BCUT2D eigenvalue weighted by Gasteiger charge is -2.32. The molecular weight excluding hydrogens is 613 g/mol. The Morgan fingerprint density at radius 1 is 1.00 bits per heavy atom. The highest BCUT2D eigenvalue weighted by Gasteiger charge is 2.31. The minimum absolute atomic E-state index is 0.0406. The molecule has 2 aliphatic rings. The SMILES string of the molecule is CCOc1cnc(N2CCC(CCCOc3ccc(CC(=O)N4CC[C@@H](CNC[C@H](O)[C@@H](O)[C@H](O)[C@H](O)CO)C4)c(F)c3)CC2)nc1. The molecule has 1 aromatic heterocycles. The third-order valence-corrected chi connectivity index (χ3v) is 8.97. The van der Waals surface area contributed by atoms with Crippen molar-refractivity contribution >= 4 is 11.9 Å². The molecule has 0 spiro atoms. The number of piperidine rings is 1. The molecule has 6 N–H and O–H groups in total. The quantitative estimate of drug-likeness (QED) is 0.122. The van der Waals surface area contributed by atoms with E-state index in [2.05, 4.69) is 20.2 Å². The van der Waals surface area contributed by atoms with Gasteiger partial charge < -0.3 is 50.1 Å². The van der Waals surface area contributed by atoms with Gasteiger partial charge in [-0.2, -0.15) is 0 Å². The molecule has 0 unspecified atom stereocenters. The van der Waals surface area contributed by atoms with Crippen LogP contribution in [0, 0.1) is 17.7 Å². The van der Waals surface area contributed by atoms with E-state index in [1.54, 1.807) is 29.4 Å². The summed E-state index contributed by atoms with van der Waals surface area (Å²) in [6.45, 7) is 5.50. The Kier molecular flexibility index (Phi) is 14.4. The van der Waals surface area contributed by atoms with Crippen LogP contribution in [0.3, 0.4) is 0 Å². The number of ether oxygens (including phenoxy) is 2. The van der Waals surface area contributed by atoms with Crippen molar-refractivity contribution in [2.45, 2.75) is 69.9 Å². The molecule has 47 heavy (non-hydrogen) atoms. The number of carbonyl (C=O) groups is 1. The van der Waals surface area contributed by atoms with Crippen molar-refractivity contribution in [2.24, 2.45) is 11.8 Å². The van der Waals surface area contributed by atoms with Crippen LogP contribution in [0.15, 0.2) is 30.6 Å². The number of aromatic nitrogens is 2. The van der Waals surface area contributed by atoms with E-state index < -0.39 is 36.8 Å². The summed E-state index contributed by atoms with van der Waals surface area (Å²) in [6.07, 6.45) is 1.89. The van der Waals surface area contributed by atoms with E-state index in [-0.39, 0.29) is 24.8 Å². The number of benzene rings is 1. The molecule has 1 aromatic carbocycles. The molecule has 4 rings (SSSR count). The van der Waals surface area contributed by atoms with Gasteiger partial charge in [-0.05, 0) is 69.0 Å². The van der Waals surface area contributed by atoms with Gasteiger partial charge in [-0.1, -0.05) is 6.07 Å². The lowest BCUT2D eigenvalue weighted by Crippen LogP contribution is -2.49. The van der Waals surface area contributed by atoms with Crippen molar-refractivity contribution in [3.63, 3.8) is 0 Å². The van der Waals surface area contributed by atoms with Crippen molar-refractivity contribution in [1.82, 2.24) is 20.2 Å². The molecule has 1 amide bonds. The molecule has 0 bridgehead atoms. The van der Waals surface area contributed by atoms with Gasteiger partial charge in [-0.3, -0.25) is 4.79 Å². The Balaban J connectivity index is 1.10. The average Bonchev–Trinajstić information content (AvgIpc) is 3.56. The summed E-state index contributed by atoms with van der Waals surface area (Å²) in [4.78, 5) is 25.6. The third-order valence-electron chi connectivity index (χ3n) is 8.97. The van der Waals surface area contributed by atoms with E-state index in [0.717, 1.165) is 51.1 Å². The van der Waals surface area contributed by atoms with Gasteiger partial charge in [0.2, 0.25) is 11.9 Å². The molecule has 0 radical (unpaired) electrons. The standard InChI is InChI=1S/C33H50FN5O8/c1-2-46-26-17-36-33(37-18-26)38-10-7-22(8-11-38)4-3-13-47-25-6-5-24(27(34)15-25)14-30(43)39-12-9-23(20-39)16-35-19-28(41)31(44)32(45)29(42)21-40/h5-6,15,17-18,22-23,28-29,31-32,35,40-42,44-45H,2-4,7-14,16,19-21H2,1H3/t23-,28-,29+,31+,32+/m0/s1. The molecule has 262 valence electrons. The monoisotopic (exact) mass is 663 g/mol. The van der Waals surface area contributed by atoms with Gasteiger partial charge in [0.25, 0.3) is 0 Å². The number of hydrogen-bond donors (Lipinski definition) is 6. The Morgan fingerprint density at radius 3 is 2.38 bits per heavy atom. The number of rotatable bonds is 18. The number of amides is 1. The fourth-order valence-electron chi connectivity index (χ4n) is 6.08. The van der Waals surface area contributed by atoms with Gasteiger partial charge in [0, 0.05) is 38.8 Å². The second-order valence-electron chi connectivity index (χ2n) is 12.5. The third kappa shape index (κ3) is 10.9. The molecule has 0 saturated carbocycles. The van der Waals surface area contributed by atoms with Crippen LogP contribution in [0.5, 0.6) is 11.5 Å². The first-order chi connectivity index (χ1) is 22.7. The maximum absolute atomic E-state index is 14.9. The predicted octanol–water partition coefficient (Wildman–Crippen LogP) is 0.507. The minimum Gasteiger partial charge on any atom is -0.493 e. The zero-order chi connectivity index (χ0) is 33.8. The Labute approximate surface area is 275 Å². The largest absolute Gasteiger partial charge is 0.493 e. The Morgan fingerprint density at radius 2 is 1.70 bits per heavy atom. The summed E-state index contributed by atoms with van der Waals surface area (Å²) in [6, 6.07) is 4.64. The van der Waals surface area contributed by atoms with Gasteiger partial charge in [0.1, 0.15) is 29.9 Å². The number of nitrogens with one attached hydrogen (secondary N) is 1. The van der Waals surface area contributed by atoms with E-state index in [9.17, 15) is 29.6 Å². The van der Waals surface area contributed by atoms with Crippen molar-refractivity contribution in [2.75, 3.05) is 64.0 Å². The molecule has 0 aliphatic carbocycles. The topological polar surface area (TPSA) is 181 Å². The summed E-state index contributed by atoms with van der Waals surface area (Å²) < 4.78 is 26.1. The lowest BCUT2D eigenvalue weighted by atomic mass is 9.92. The second kappa shape index (κ2) is 18.4. The fraction of sp³-hybridized carbons (Fsp3) is 0.667. The molecule has 2 aromatic rings. The number of hydrogen-bond acceptors (Lipinski definition) is 12. The Bertz CT molecular complexity index is 1240. The summed E-state index contributed by atoms with van der Waals surface area (Å²) in [5.74, 6) is 1.90. The van der Waals surface area contributed by atoms with Crippen LogP contribution in [0.2, 0.25) is 0 Å². The van der Waals surface area contributed by atoms with Crippen molar-refractivity contribution in [1.29, 1.82) is 0 Å². The number of nitrogens with zero attached hydrogens (tertiary/aromatic N) is 4. The zero-order valence-electron chi connectivity index (χ0n) is 27.1. The molecular formula is C33H50FN5O8. The van der Waals surface area contributed by atoms with E-state index in [1.165, 1.54) is 6.07 Å². The van der Waals surface area contributed by atoms with Crippen molar-refractivity contribution < 1.29 is 44.2 Å². The first kappa shape index (κ1) is 36.7. The van der Waals surface area contributed by atoms with E-state index in [0.29, 0.717) is 55.8 Å². The second-order valence-corrected chi connectivity index (χ2v) is 12.5. The zero-order valence-corrected chi connectivity index (χ0v) is 27.1. The van der Waals surface area contributed by atoms with Gasteiger partial charge in [-0.15, -0.1) is 0 Å². The molecule has 3 heterocycles. The molecule has 2 fully saturated rings. The van der Waals surface area contributed by atoms with Gasteiger partial charge in [0.15, 0.2) is 5.75 Å². The number of aliphatic hydroxyl groups excluding tert-OH is 5. The minimum atomic E-state index is -1.68. The van der Waals surface area contributed by atoms with Crippen molar-refractivity contribution in [3.05, 3.63) is 42.0 Å². The van der Waals surface area contributed by atoms with Crippen LogP contribution in [0.4, 0.5) is 10.3 Å². The summed E-state index contributed by atoms with van der Waals surface area (Å²) in [7, 11) is 0. The van der Waals surface area contributed by atoms with Crippen LogP contribution in [0.1, 0.15) is 44.6 Å². The van der Waals surface area contributed by atoms with Gasteiger partial charge >= 0.3 is 0 Å². The van der Waals surface area contributed by atoms with Crippen LogP contribution in [-0.4, -0.2) is 130 Å². The van der Waals surface area contributed by atoms with E-state index in [1.807, 2.05) is 6.92 Å². The predicted molar refractivity (Wildman–Crippen MR) is 172 cm³/mol. The average molecular weight is 664 g/mol. The number of carbonyl (C=O) groups excluding carboxylic acids is 1. The highest BCUT2D eigenvalue weighted by molar-refractivity contribution is 5.79. The van der Waals surface area contributed by atoms with Crippen molar-refractivity contribution in [3.8, 4) is 11.5 Å². The molecule has 2 aliphatic heterocycles. The number of likely N-dealkylation sites (tertiary alicyclic amines) is 1. The first-order valence-electron chi connectivity index (χ1n) is 16.6. The lowest BCUT2D eigenvalue weighted by molar-refractivity contribution is -0.129. The molecule has 2 saturated heterocycles. The maximum atomic E-state index is 14.9. The summed E-state index contributed by atoms with van der Waals surface area (Å²) in [5.41, 5.74) is 0.313. The smallest absolute Gasteiger partial charge is 0.227 e. The fourth-order valence-corrected chi connectivity index (χ4v) is 6.08. The molecule has 14 heteroatoms. The van der Waals surface area contributed by atoms with Gasteiger partial charge in [0.05, 0.1) is 44.7 Å². The highest BCUT2D eigenvalue weighted by Crippen LogP contribution is 2.26. The van der Waals surface area contributed by atoms with Crippen LogP contribution < -0.4 is 19.7 Å². The number of aliphatic hydroxyl groups is 5. The maximum Gasteiger partial charge on any atom is 0.227 e. The van der Waals surface area contributed by atoms with Gasteiger partial charge in [-0.25, -0.2) is 14.4 Å². The van der Waals surface area contributed by atoms with E-state index in [4.69, 9.17) is 14.6 Å². The number of halogens is 1. The normalized spacial score (nSPS) is 19.8. The highest BCUT2D eigenvalue weighted by atomic mass is 19.1. The summed E-state index contributed by atoms with van der Waals surface area (Å²) in [5, 5.41) is 51.0. The molecule has 5 atom stereocenters. The van der Waals surface area contributed by atoms with E-state index >= 15 is 0 Å². The molecule has 13 nitrogen and oxygen atoms in total. The Hall–Kier alpha value is -3.14. The van der Waals surface area contributed by atoms with Crippen LogP contribution >= 0.6 is 0 Å². The first-order valence-corrected chi connectivity index (χ1v) is 16.6. The van der Waals surface area contributed by atoms with Crippen LogP contribution in [0.25, 0.3) is 0 Å². The van der Waals surface area contributed by atoms with Crippen LogP contribution in [-0.2, 0) is 11.2 Å².